The lowest BCUT2D eigenvalue weighted by atomic mass is 10.2. The van der Waals surface area contributed by atoms with Crippen LogP contribution >= 0.6 is 0 Å². The maximum atomic E-state index is 12.5. The molecule has 0 unspecified atom stereocenters. The van der Waals surface area contributed by atoms with Crippen molar-refractivity contribution in [2.45, 2.75) is 26.1 Å². The molecule has 0 aliphatic carbocycles. The van der Waals surface area contributed by atoms with Crippen LogP contribution in [-0.2, 0) is 14.8 Å². The topological polar surface area (TPSA) is 94.2 Å². The van der Waals surface area contributed by atoms with E-state index in [2.05, 4.69) is 5.32 Å². The number of hydrogen-bond donors (Lipinski definition) is 1. The molecular formula is C21H26N2O6S. The van der Waals surface area contributed by atoms with Gasteiger partial charge in [0.1, 0.15) is 25.0 Å². The number of rotatable bonds is 8. The number of carbonyl (C=O) groups is 1. The van der Waals surface area contributed by atoms with Crippen molar-refractivity contribution in [2.75, 3.05) is 30.3 Å². The molecule has 8 nitrogen and oxygen atoms in total. The van der Waals surface area contributed by atoms with Crippen LogP contribution in [0.4, 0.5) is 5.69 Å². The molecule has 2 aromatic rings. The lowest BCUT2D eigenvalue weighted by Gasteiger charge is -2.27. The van der Waals surface area contributed by atoms with Crippen LogP contribution in [0.3, 0.4) is 0 Å². The lowest BCUT2D eigenvalue weighted by Crippen LogP contribution is -2.45. The van der Waals surface area contributed by atoms with Gasteiger partial charge in [-0.25, -0.2) is 8.42 Å². The van der Waals surface area contributed by atoms with Crippen molar-refractivity contribution in [1.82, 2.24) is 5.32 Å². The van der Waals surface area contributed by atoms with Crippen molar-refractivity contribution in [2.24, 2.45) is 0 Å². The summed E-state index contributed by atoms with van der Waals surface area (Å²) in [6, 6.07) is 13.9. The molecule has 2 aromatic carbocycles. The van der Waals surface area contributed by atoms with Gasteiger partial charge in [0.05, 0.1) is 24.6 Å². The third kappa shape index (κ3) is 5.79. The highest BCUT2D eigenvalue weighted by molar-refractivity contribution is 7.92. The Labute approximate surface area is 176 Å². The van der Waals surface area contributed by atoms with Crippen molar-refractivity contribution in [3.8, 4) is 17.2 Å². The lowest BCUT2D eigenvalue weighted by molar-refractivity contribution is -0.120. The Hall–Kier alpha value is -2.94. The first-order valence-electron chi connectivity index (χ1n) is 9.62. The summed E-state index contributed by atoms with van der Waals surface area (Å²) in [6.07, 6.45) is 0.641. The van der Waals surface area contributed by atoms with E-state index in [1.807, 2.05) is 32.0 Å². The van der Waals surface area contributed by atoms with Crippen LogP contribution in [0.5, 0.6) is 17.2 Å². The number of sulfonamides is 1. The van der Waals surface area contributed by atoms with E-state index in [1.54, 1.807) is 30.3 Å². The fourth-order valence-corrected chi connectivity index (χ4v) is 3.81. The number of hydrogen-bond acceptors (Lipinski definition) is 6. The van der Waals surface area contributed by atoms with Gasteiger partial charge in [-0.15, -0.1) is 0 Å². The van der Waals surface area contributed by atoms with E-state index in [9.17, 15) is 13.2 Å². The van der Waals surface area contributed by atoms with E-state index >= 15 is 0 Å². The molecule has 0 fully saturated rings. The van der Waals surface area contributed by atoms with Gasteiger partial charge < -0.3 is 19.5 Å². The van der Waals surface area contributed by atoms with Crippen molar-refractivity contribution in [1.29, 1.82) is 0 Å². The number of para-hydroxylation sites is 2. The summed E-state index contributed by atoms with van der Waals surface area (Å²) in [5, 5.41) is 2.72. The molecule has 0 spiro atoms. The minimum atomic E-state index is -3.68. The standard InChI is InChI=1S/C21H26N2O6S/c1-15(2)28-17-8-6-7-16(11-17)23(30(3,25)26)13-21(24)22-12-18-14-27-19-9-4-5-10-20(19)29-18/h4-11,15,18H,12-14H2,1-3H3,(H,22,24)/t18-/m1/s1. The molecule has 1 atom stereocenters. The zero-order chi connectivity index (χ0) is 21.7. The first-order chi connectivity index (χ1) is 14.2. The highest BCUT2D eigenvalue weighted by Gasteiger charge is 2.24. The van der Waals surface area contributed by atoms with Crippen molar-refractivity contribution in [3.63, 3.8) is 0 Å². The average Bonchev–Trinajstić information content (AvgIpc) is 2.69. The second-order valence-corrected chi connectivity index (χ2v) is 9.14. The molecule has 0 radical (unpaired) electrons. The number of nitrogens with zero attached hydrogens (tertiary/aromatic N) is 1. The first-order valence-corrected chi connectivity index (χ1v) is 11.5. The summed E-state index contributed by atoms with van der Waals surface area (Å²) < 4.78 is 42.7. The van der Waals surface area contributed by atoms with Gasteiger partial charge in [0.25, 0.3) is 0 Å². The Morgan fingerprint density at radius 3 is 2.63 bits per heavy atom. The maximum absolute atomic E-state index is 12.5. The number of carbonyl (C=O) groups excluding carboxylic acids is 1. The Bertz CT molecular complexity index is 992. The normalized spacial score (nSPS) is 15.5. The smallest absolute Gasteiger partial charge is 0.240 e. The molecule has 1 heterocycles. The third-order valence-corrected chi connectivity index (χ3v) is 5.40. The molecule has 3 rings (SSSR count). The third-order valence-electron chi connectivity index (χ3n) is 4.26. The SMILES string of the molecule is CC(C)Oc1cccc(N(CC(=O)NC[C@@H]2COc3ccccc3O2)S(C)(=O)=O)c1. The van der Waals surface area contributed by atoms with Crippen molar-refractivity contribution in [3.05, 3.63) is 48.5 Å². The van der Waals surface area contributed by atoms with E-state index < -0.39 is 15.9 Å². The minimum absolute atomic E-state index is 0.0573. The van der Waals surface area contributed by atoms with E-state index in [0.29, 0.717) is 29.5 Å². The Balaban J connectivity index is 1.63. The van der Waals surface area contributed by atoms with E-state index in [4.69, 9.17) is 14.2 Å². The van der Waals surface area contributed by atoms with Crippen LogP contribution in [0.2, 0.25) is 0 Å². The van der Waals surface area contributed by atoms with Crippen LogP contribution in [0.15, 0.2) is 48.5 Å². The summed E-state index contributed by atoms with van der Waals surface area (Å²) in [7, 11) is -3.68. The quantitative estimate of drug-likeness (QED) is 0.685. The Morgan fingerprint density at radius 2 is 1.93 bits per heavy atom. The van der Waals surface area contributed by atoms with Gasteiger partial charge in [0.2, 0.25) is 15.9 Å². The molecule has 0 bridgehead atoms. The molecule has 1 aliphatic heterocycles. The average molecular weight is 435 g/mol. The van der Waals surface area contributed by atoms with Gasteiger partial charge in [-0.2, -0.15) is 0 Å². The van der Waals surface area contributed by atoms with Gasteiger partial charge in [-0.3, -0.25) is 9.10 Å². The highest BCUT2D eigenvalue weighted by Crippen LogP contribution is 2.30. The molecule has 1 amide bonds. The monoisotopic (exact) mass is 434 g/mol. The number of benzene rings is 2. The summed E-state index contributed by atoms with van der Waals surface area (Å²) in [5.74, 6) is 1.36. The van der Waals surface area contributed by atoms with E-state index in [1.165, 1.54) is 0 Å². The summed E-state index contributed by atoms with van der Waals surface area (Å²) in [6.45, 7) is 3.89. The van der Waals surface area contributed by atoms with E-state index in [0.717, 1.165) is 10.6 Å². The second-order valence-electron chi connectivity index (χ2n) is 7.24. The van der Waals surface area contributed by atoms with Crippen LogP contribution in [-0.4, -0.2) is 52.5 Å². The molecule has 1 N–H and O–H groups in total. The predicted molar refractivity (Wildman–Crippen MR) is 114 cm³/mol. The van der Waals surface area contributed by atoms with Gasteiger partial charge in [0, 0.05) is 6.07 Å². The fraction of sp³-hybridized carbons (Fsp3) is 0.381. The van der Waals surface area contributed by atoms with Gasteiger partial charge in [-0.1, -0.05) is 18.2 Å². The first kappa shape index (κ1) is 21.8. The van der Waals surface area contributed by atoms with Crippen molar-refractivity contribution < 1.29 is 27.4 Å². The van der Waals surface area contributed by atoms with Crippen LogP contribution in [0.1, 0.15) is 13.8 Å². The highest BCUT2D eigenvalue weighted by atomic mass is 32.2. The molecule has 30 heavy (non-hydrogen) atoms. The molecule has 0 saturated carbocycles. The number of nitrogens with one attached hydrogen (secondary N) is 1. The molecule has 0 saturated heterocycles. The second kappa shape index (κ2) is 9.25. The minimum Gasteiger partial charge on any atom is -0.491 e. The van der Waals surface area contributed by atoms with Crippen LogP contribution < -0.4 is 23.8 Å². The zero-order valence-corrected chi connectivity index (χ0v) is 18.0. The molecule has 162 valence electrons. The Kier molecular flexibility index (Phi) is 6.71. The summed E-state index contributed by atoms with van der Waals surface area (Å²) in [5.41, 5.74) is 0.358. The van der Waals surface area contributed by atoms with Crippen LogP contribution in [0.25, 0.3) is 0 Å². The Morgan fingerprint density at radius 1 is 1.20 bits per heavy atom. The number of anilines is 1. The maximum Gasteiger partial charge on any atom is 0.240 e. The molecule has 9 heteroatoms. The summed E-state index contributed by atoms with van der Waals surface area (Å²) in [4.78, 5) is 12.5. The zero-order valence-electron chi connectivity index (χ0n) is 17.2. The summed E-state index contributed by atoms with van der Waals surface area (Å²) >= 11 is 0. The number of ether oxygens (including phenoxy) is 3. The molecule has 1 aliphatic rings. The van der Waals surface area contributed by atoms with Crippen molar-refractivity contribution >= 4 is 21.6 Å². The molecule has 0 aromatic heterocycles. The predicted octanol–water partition coefficient (Wildman–Crippen LogP) is 2.20. The largest absolute Gasteiger partial charge is 0.491 e. The van der Waals surface area contributed by atoms with E-state index in [-0.39, 0.29) is 25.3 Å². The van der Waals surface area contributed by atoms with Gasteiger partial charge >= 0.3 is 0 Å². The van der Waals surface area contributed by atoms with Gasteiger partial charge in [-0.05, 0) is 38.1 Å². The van der Waals surface area contributed by atoms with Crippen LogP contribution in [0, 0.1) is 0 Å². The van der Waals surface area contributed by atoms with Gasteiger partial charge in [0.15, 0.2) is 11.5 Å². The number of amides is 1. The molecular weight excluding hydrogens is 408 g/mol. The fourth-order valence-electron chi connectivity index (χ4n) is 2.96. The number of fused-ring (bicyclic) bond motifs is 1.